The maximum absolute atomic E-state index is 13.4. The molecule has 3 rings (SSSR count). The van der Waals surface area contributed by atoms with Gasteiger partial charge in [0.2, 0.25) is 0 Å². The molecule has 0 bridgehead atoms. The van der Waals surface area contributed by atoms with Crippen molar-refractivity contribution < 1.29 is 18.7 Å². The molecule has 0 spiro atoms. The zero-order valence-corrected chi connectivity index (χ0v) is 14.6. The number of nitrogens with one attached hydrogen (secondary N) is 1. The molecule has 0 radical (unpaired) electrons. The normalized spacial score (nSPS) is 9.96. The van der Waals surface area contributed by atoms with Crippen molar-refractivity contribution in [3.8, 4) is 23.3 Å². The van der Waals surface area contributed by atoms with Crippen LogP contribution in [0, 0.1) is 17.7 Å². The van der Waals surface area contributed by atoms with Crippen LogP contribution in [0.1, 0.15) is 0 Å². The zero-order valence-electron chi connectivity index (χ0n) is 14.6. The first-order valence-corrected chi connectivity index (χ1v) is 8.44. The van der Waals surface area contributed by atoms with Crippen molar-refractivity contribution >= 4 is 16.7 Å². The second-order valence-corrected chi connectivity index (χ2v) is 5.62. The third kappa shape index (κ3) is 5.23. The van der Waals surface area contributed by atoms with Crippen LogP contribution in [0.25, 0.3) is 10.8 Å². The topological polar surface area (TPSA) is 47.6 Å². The van der Waals surface area contributed by atoms with Crippen molar-refractivity contribution in [1.29, 1.82) is 0 Å². The number of rotatable bonds is 6. The second-order valence-electron chi connectivity index (χ2n) is 5.62. The minimum absolute atomic E-state index is 0.0437. The predicted octanol–water partition coefficient (Wildman–Crippen LogP) is 3.56. The highest BCUT2D eigenvalue weighted by Crippen LogP contribution is 2.24. The molecule has 0 fully saturated rings. The van der Waals surface area contributed by atoms with Crippen molar-refractivity contribution in [2.45, 2.75) is 0 Å². The third-order valence-electron chi connectivity index (χ3n) is 3.74. The number of halogens is 1. The highest BCUT2D eigenvalue weighted by molar-refractivity contribution is 5.88. The van der Waals surface area contributed by atoms with Gasteiger partial charge in [-0.2, -0.15) is 0 Å². The van der Waals surface area contributed by atoms with E-state index in [1.165, 1.54) is 12.1 Å². The summed E-state index contributed by atoms with van der Waals surface area (Å²) in [5.74, 6) is 5.59. The van der Waals surface area contributed by atoms with Gasteiger partial charge in [0.15, 0.2) is 18.2 Å². The number of hydrogen-bond acceptors (Lipinski definition) is 3. The van der Waals surface area contributed by atoms with Crippen LogP contribution in [0.3, 0.4) is 0 Å². The van der Waals surface area contributed by atoms with E-state index in [2.05, 4.69) is 17.2 Å². The molecule has 4 nitrogen and oxygen atoms in total. The first-order valence-electron chi connectivity index (χ1n) is 8.44. The number of ether oxygens (including phenoxy) is 2. The maximum atomic E-state index is 13.4. The van der Waals surface area contributed by atoms with E-state index in [1.54, 1.807) is 12.1 Å². The van der Waals surface area contributed by atoms with E-state index in [0.717, 1.165) is 16.5 Å². The van der Waals surface area contributed by atoms with Gasteiger partial charge in [0, 0.05) is 5.39 Å². The van der Waals surface area contributed by atoms with E-state index in [-0.39, 0.29) is 31.4 Å². The fourth-order valence-corrected chi connectivity index (χ4v) is 2.45. The molecule has 3 aromatic rings. The minimum atomic E-state index is -0.504. The summed E-state index contributed by atoms with van der Waals surface area (Å²) in [6.45, 7) is 0.114. The van der Waals surface area contributed by atoms with Gasteiger partial charge in [0.05, 0.1) is 6.54 Å². The van der Waals surface area contributed by atoms with Gasteiger partial charge < -0.3 is 14.8 Å². The number of fused-ring (bicyclic) bond motifs is 1. The molecule has 0 saturated carbocycles. The Morgan fingerprint density at radius 1 is 0.889 bits per heavy atom. The van der Waals surface area contributed by atoms with Gasteiger partial charge >= 0.3 is 0 Å². The SMILES string of the molecule is O=C(COc1ccccc1F)NCC#CCOc1cccc2ccccc12. The lowest BCUT2D eigenvalue weighted by Gasteiger charge is -2.06. The molecule has 136 valence electrons. The Kier molecular flexibility index (Phi) is 6.26. The van der Waals surface area contributed by atoms with Crippen molar-refractivity contribution in [3.05, 3.63) is 72.5 Å². The molecule has 27 heavy (non-hydrogen) atoms. The van der Waals surface area contributed by atoms with Gasteiger partial charge in [0.25, 0.3) is 5.91 Å². The van der Waals surface area contributed by atoms with Crippen molar-refractivity contribution in [2.75, 3.05) is 19.8 Å². The summed E-state index contributed by atoms with van der Waals surface area (Å²) >= 11 is 0. The molecule has 0 atom stereocenters. The van der Waals surface area contributed by atoms with Crippen molar-refractivity contribution in [3.63, 3.8) is 0 Å². The lowest BCUT2D eigenvalue weighted by molar-refractivity contribution is -0.122. The summed E-state index contributed by atoms with van der Waals surface area (Å²) in [6.07, 6.45) is 0. The molecule has 0 aromatic heterocycles. The number of hydrogen-bond donors (Lipinski definition) is 1. The average Bonchev–Trinajstić information content (AvgIpc) is 2.70. The Labute approximate surface area is 156 Å². The summed E-state index contributed by atoms with van der Waals surface area (Å²) in [4.78, 5) is 11.7. The molecular weight excluding hydrogens is 345 g/mol. The first-order chi connectivity index (χ1) is 13.2. The largest absolute Gasteiger partial charge is 0.481 e. The molecule has 0 saturated heterocycles. The van der Waals surface area contributed by atoms with E-state index in [4.69, 9.17) is 9.47 Å². The standard InChI is InChI=1S/C22H18FNO3/c23-19-11-3-4-12-21(19)27-16-22(25)24-14-5-6-15-26-20-13-7-9-17-8-1-2-10-18(17)20/h1-4,7-13H,14-16H2,(H,24,25). The van der Waals surface area contributed by atoms with Crippen LogP contribution >= 0.6 is 0 Å². The van der Waals surface area contributed by atoms with Gasteiger partial charge in [-0.05, 0) is 23.6 Å². The van der Waals surface area contributed by atoms with Gasteiger partial charge in [0.1, 0.15) is 12.4 Å². The molecule has 5 heteroatoms. The van der Waals surface area contributed by atoms with Crippen LogP contribution in [0.2, 0.25) is 0 Å². The van der Waals surface area contributed by atoms with Crippen LogP contribution < -0.4 is 14.8 Å². The van der Waals surface area contributed by atoms with E-state index < -0.39 is 5.82 Å². The van der Waals surface area contributed by atoms with Gasteiger partial charge in [-0.3, -0.25) is 4.79 Å². The minimum Gasteiger partial charge on any atom is -0.481 e. The number of carbonyl (C=O) groups excluding carboxylic acids is 1. The second kappa shape index (κ2) is 9.25. The first kappa shape index (κ1) is 18.3. The van der Waals surface area contributed by atoms with E-state index >= 15 is 0 Å². The molecule has 3 aromatic carbocycles. The summed E-state index contributed by atoms with van der Waals surface area (Å²) < 4.78 is 24.2. The van der Waals surface area contributed by atoms with Crippen molar-refractivity contribution in [2.24, 2.45) is 0 Å². The monoisotopic (exact) mass is 363 g/mol. The Balaban J connectivity index is 1.40. The lowest BCUT2D eigenvalue weighted by atomic mass is 10.1. The van der Waals surface area contributed by atoms with Crippen LogP contribution in [-0.4, -0.2) is 25.7 Å². The van der Waals surface area contributed by atoms with Gasteiger partial charge in [-0.25, -0.2) is 4.39 Å². The summed E-state index contributed by atoms with van der Waals surface area (Å²) in [6, 6.07) is 19.7. The van der Waals surface area contributed by atoms with Crippen LogP contribution in [-0.2, 0) is 4.79 Å². The summed E-state index contributed by atoms with van der Waals surface area (Å²) in [5.41, 5.74) is 0. The fraction of sp³-hybridized carbons (Fsp3) is 0.136. The number of benzene rings is 3. The van der Waals surface area contributed by atoms with Crippen molar-refractivity contribution in [1.82, 2.24) is 5.32 Å². The fourth-order valence-electron chi connectivity index (χ4n) is 2.45. The summed E-state index contributed by atoms with van der Waals surface area (Å²) in [5, 5.41) is 4.72. The average molecular weight is 363 g/mol. The quantitative estimate of drug-likeness (QED) is 0.682. The molecule has 0 aliphatic heterocycles. The Morgan fingerprint density at radius 2 is 1.63 bits per heavy atom. The Morgan fingerprint density at radius 3 is 2.52 bits per heavy atom. The van der Waals surface area contributed by atoms with E-state index in [9.17, 15) is 9.18 Å². The Bertz CT molecular complexity index is 986. The Hall–Kier alpha value is -3.52. The molecule has 1 N–H and O–H groups in total. The van der Waals surface area contributed by atoms with Crippen LogP contribution in [0.5, 0.6) is 11.5 Å². The number of amides is 1. The van der Waals surface area contributed by atoms with E-state index in [1.807, 2.05) is 42.5 Å². The third-order valence-corrected chi connectivity index (χ3v) is 3.74. The van der Waals surface area contributed by atoms with E-state index in [0.29, 0.717) is 0 Å². The highest BCUT2D eigenvalue weighted by atomic mass is 19.1. The molecule has 0 heterocycles. The molecule has 0 unspecified atom stereocenters. The van der Waals surface area contributed by atoms with Crippen LogP contribution in [0.15, 0.2) is 66.7 Å². The molecule has 0 aliphatic carbocycles. The maximum Gasteiger partial charge on any atom is 0.258 e. The summed E-state index contributed by atoms with van der Waals surface area (Å²) in [7, 11) is 0. The molecule has 1 amide bonds. The smallest absolute Gasteiger partial charge is 0.258 e. The lowest BCUT2D eigenvalue weighted by Crippen LogP contribution is -2.29. The van der Waals surface area contributed by atoms with Gasteiger partial charge in [-0.1, -0.05) is 60.4 Å². The molecule has 0 aliphatic rings. The molecular formula is C22H18FNO3. The number of para-hydroxylation sites is 1. The predicted molar refractivity (Wildman–Crippen MR) is 102 cm³/mol. The zero-order chi connectivity index (χ0) is 18.9. The number of carbonyl (C=O) groups is 1. The van der Waals surface area contributed by atoms with Gasteiger partial charge in [-0.15, -0.1) is 0 Å². The highest BCUT2D eigenvalue weighted by Gasteiger charge is 2.05. The van der Waals surface area contributed by atoms with Crippen LogP contribution in [0.4, 0.5) is 4.39 Å².